The van der Waals surface area contributed by atoms with Crippen molar-refractivity contribution < 1.29 is 4.79 Å². The van der Waals surface area contributed by atoms with Gasteiger partial charge in [0.2, 0.25) is 5.91 Å². The van der Waals surface area contributed by atoms with Crippen LogP contribution in [0, 0.1) is 0 Å². The summed E-state index contributed by atoms with van der Waals surface area (Å²) < 4.78 is 0. The maximum absolute atomic E-state index is 10.6. The van der Waals surface area contributed by atoms with E-state index in [0.29, 0.717) is 6.04 Å². The minimum Gasteiger partial charge on any atom is -0.352 e. The van der Waals surface area contributed by atoms with Crippen LogP contribution >= 0.6 is 0 Å². The molecular formula is C8H18N2O. The van der Waals surface area contributed by atoms with Crippen molar-refractivity contribution >= 4 is 5.91 Å². The van der Waals surface area contributed by atoms with E-state index in [2.05, 4.69) is 17.3 Å². The molecule has 11 heavy (non-hydrogen) atoms. The number of rotatable bonds is 1. The Morgan fingerprint density at radius 1 is 1.64 bits per heavy atom. The van der Waals surface area contributed by atoms with E-state index in [4.69, 9.17) is 0 Å². The fourth-order valence-corrected chi connectivity index (χ4v) is 1.34. The van der Waals surface area contributed by atoms with E-state index >= 15 is 0 Å². The molecule has 0 aromatic heterocycles. The van der Waals surface area contributed by atoms with Gasteiger partial charge in [0.05, 0.1) is 0 Å². The van der Waals surface area contributed by atoms with E-state index in [9.17, 15) is 4.79 Å². The summed E-state index contributed by atoms with van der Waals surface area (Å²) in [6.45, 7) is 3.67. The average molecular weight is 158 g/mol. The predicted molar refractivity (Wildman–Crippen MR) is 46.4 cm³/mol. The van der Waals surface area contributed by atoms with Crippen molar-refractivity contribution in [2.24, 2.45) is 0 Å². The first-order chi connectivity index (χ1) is 4.68. The molecule has 0 aromatic carbocycles. The molecule has 1 aliphatic heterocycles. The largest absolute Gasteiger partial charge is 0.352 e. The molecule has 1 N–H and O–H groups in total. The number of nitrogens with one attached hydrogen (secondary N) is 1. The Kier molecular flexibility index (Phi) is 4.11. The van der Waals surface area contributed by atoms with Crippen LogP contribution in [0.2, 0.25) is 0 Å². The van der Waals surface area contributed by atoms with E-state index < -0.39 is 0 Å². The van der Waals surface area contributed by atoms with Crippen molar-refractivity contribution in [2.45, 2.75) is 26.8 Å². The van der Waals surface area contributed by atoms with Crippen LogP contribution in [0.25, 0.3) is 0 Å². The SMILES string of the molecule is C.CC(=O)N[C@@H]1CCN(C)C1. The Bertz CT molecular complexity index is 136. The van der Waals surface area contributed by atoms with Gasteiger partial charge in [-0.05, 0) is 20.0 Å². The molecule has 0 unspecified atom stereocenters. The molecule has 1 fully saturated rings. The molecule has 0 aromatic rings. The second-order valence-electron chi connectivity index (χ2n) is 2.95. The summed E-state index contributed by atoms with van der Waals surface area (Å²) in [5.41, 5.74) is 0. The van der Waals surface area contributed by atoms with Gasteiger partial charge in [0.15, 0.2) is 0 Å². The number of likely N-dealkylation sites (tertiary alicyclic amines) is 1. The molecule has 1 amide bonds. The molecule has 1 aliphatic rings. The second-order valence-corrected chi connectivity index (χ2v) is 2.95. The highest BCUT2D eigenvalue weighted by Gasteiger charge is 2.19. The number of likely N-dealkylation sites (N-methyl/N-ethyl adjacent to an activating group) is 1. The van der Waals surface area contributed by atoms with E-state index in [-0.39, 0.29) is 13.3 Å². The maximum atomic E-state index is 10.6. The molecule has 0 spiro atoms. The number of hydrogen-bond acceptors (Lipinski definition) is 2. The van der Waals surface area contributed by atoms with Crippen LogP contribution in [0.4, 0.5) is 0 Å². The lowest BCUT2D eigenvalue weighted by atomic mass is 10.3. The van der Waals surface area contributed by atoms with E-state index in [0.717, 1.165) is 19.5 Å². The van der Waals surface area contributed by atoms with Crippen LogP contribution in [0.5, 0.6) is 0 Å². The third-order valence-electron chi connectivity index (χ3n) is 1.80. The first-order valence-electron chi connectivity index (χ1n) is 3.64. The summed E-state index contributed by atoms with van der Waals surface area (Å²) in [7, 11) is 2.07. The first kappa shape index (κ1) is 10.4. The van der Waals surface area contributed by atoms with E-state index in [1.165, 1.54) is 0 Å². The standard InChI is InChI=1S/C7H14N2O.CH4/c1-6(10)8-7-3-4-9(2)5-7;/h7H,3-5H2,1-2H3,(H,8,10);1H4/t7-;/m1./s1. The molecule has 0 aliphatic carbocycles. The van der Waals surface area contributed by atoms with Gasteiger partial charge in [-0.3, -0.25) is 4.79 Å². The third-order valence-corrected chi connectivity index (χ3v) is 1.80. The fraction of sp³-hybridized carbons (Fsp3) is 0.875. The van der Waals surface area contributed by atoms with Crippen molar-refractivity contribution in [1.29, 1.82) is 0 Å². The van der Waals surface area contributed by atoms with Gasteiger partial charge < -0.3 is 10.2 Å². The summed E-state index contributed by atoms with van der Waals surface area (Å²) in [4.78, 5) is 12.8. The highest BCUT2D eigenvalue weighted by Crippen LogP contribution is 2.05. The van der Waals surface area contributed by atoms with Crippen molar-refractivity contribution in [2.75, 3.05) is 20.1 Å². The van der Waals surface area contributed by atoms with Gasteiger partial charge in [-0.1, -0.05) is 7.43 Å². The monoisotopic (exact) mass is 158 g/mol. The van der Waals surface area contributed by atoms with Crippen LogP contribution in [-0.2, 0) is 4.79 Å². The van der Waals surface area contributed by atoms with Crippen molar-refractivity contribution in [3.63, 3.8) is 0 Å². The fourth-order valence-electron chi connectivity index (χ4n) is 1.34. The quantitative estimate of drug-likeness (QED) is 0.601. The Hall–Kier alpha value is -0.570. The first-order valence-corrected chi connectivity index (χ1v) is 3.64. The van der Waals surface area contributed by atoms with E-state index in [1.54, 1.807) is 6.92 Å². The summed E-state index contributed by atoms with van der Waals surface area (Å²) in [5.74, 6) is 0.0836. The van der Waals surface area contributed by atoms with Crippen molar-refractivity contribution in [3.8, 4) is 0 Å². The smallest absolute Gasteiger partial charge is 0.217 e. The van der Waals surface area contributed by atoms with Crippen molar-refractivity contribution in [1.82, 2.24) is 10.2 Å². The molecule has 0 radical (unpaired) electrons. The zero-order chi connectivity index (χ0) is 7.56. The van der Waals surface area contributed by atoms with Gasteiger partial charge in [0, 0.05) is 19.5 Å². The highest BCUT2D eigenvalue weighted by molar-refractivity contribution is 5.73. The Morgan fingerprint density at radius 2 is 2.27 bits per heavy atom. The molecule has 66 valence electrons. The molecule has 1 atom stereocenters. The molecule has 1 saturated heterocycles. The summed E-state index contributed by atoms with van der Waals surface area (Å²) in [5, 5.41) is 2.89. The van der Waals surface area contributed by atoms with E-state index in [1.807, 2.05) is 0 Å². The molecular weight excluding hydrogens is 140 g/mol. The molecule has 0 saturated carbocycles. The van der Waals surface area contributed by atoms with Crippen LogP contribution in [0.3, 0.4) is 0 Å². The van der Waals surface area contributed by atoms with Crippen LogP contribution < -0.4 is 5.32 Å². The van der Waals surface area contributed by atoms with Gasteiger partial charge >= 0.3 is 0 Å². The number of carbonyl (C=O) groups is 1. The maximum Gasteiger partial charge on any atom is 0.217 e. The summed E-state index contributed by atoms with van der Waals surface area (Å²) >= 11 is 0. The van der Waals surface area contributed by atoms with Crippen LogP contribution in [0.1, 0.15) is 20.8 Å². The molecule has 0 bridgehead atoms. The minimum absolute atomic E-state index is 0. The topological polar surface area (TPSA) is 32.3 Å². The Morgan fingerprint density at radius 3 is 2.64 bits per heavy atom. The zero-order valence-corrected chi connectivity index (χ0v) is 6.55. The van der Waals surface area contributed by atoms with Crippen LogP contribution in [-0.4, -0.2) is 37.0 Å². The van der Waals surface area contributed by atoms with Gasteiger partial charge in [0.1, 0.15) is 0 Å². The minimum atomic E-state index is 0. The van der Waals surface area contributed by atoms with Gasteiger partial charge in [0.25, 0.3) is 0 Å². The number of carbonyl (C=O) groups excluding carboxylic acids is 1. The van der Waals surface area contributed by atoms with Crippen molar-refractivity contribution in [3.05, 3.63) is 0 Å². The van der Waals surface area contributed by atoms with Crippen LogP contribution in [0.15, 0.2) is 0 Å². The molecule has 1 rings (SSSR count). The lowest BCUT2D eigenvalue weighted by Gasteiger charge is -2.10. The van der Waals surface area contributed by atoms with Gasteiger partial charge in [-0.25, -0.2) is 0 Å². The lowest BCUT2D eigenvalue weighted by Crippen LogP contribution is -2.34. The molecule has 1 heterocycles. The molecule has 3 nitrogen and oxygen atoms in total. The second kappa shape index (κ2) is 4.34. The Balaban J connectivity index is 0.000001000. The lowest BCUT2D eigenvalue weighted by molar-refractivity contribution is -0.119. The zero-order valence-electron chi connectivity index (χ0n) is 6.55. The highest BCUT2D eigenvalue weighted by atomic mass is 16.1. The third kappa shape index (κ3) is 3.37. The normalized spacial score (nSPS) is 24.4. The van der Waals surface area contributed by atoms with Gasteiger partial charge in [-0.2, -0.15) is 0 Å². The average Bonchev–Trinajstić information content (AvgIpc) is 2.13. The summed E-state index contributed by atoms with van der Waals surface area (Å²) in [6, 6.07) is 0.391. The summed E-state index contributed by atoms with van der Waals surface area (Å²) in [6.07, 6.45) is 1.09. The number of amides is 1. The van der Waals surface area contributed by atoms with Gasteiger partial charge in [-0.15, -0.1) is 0 Å². The Labute approximate surface area is 68.8 Å². The molecule has 3 heteroatoms. The predicted octanol–water partition coefficient (Wildman–Crippen LogP) is 0.463. The number of hydrogen-bond donors (Lipinski definition) is 1. The number of nitrogens with zero attached hydrogens (tertiary/aromatic N) is 1.